The Kier molecular flexibility index (Phi) is 5.02. The summed E-state index contributed by atoms with van der Waals surface area (Å²) in [4.78, 5) is 14.5. The molecule has 6 nitrogen and oxygen atoms in total. The molecule has 2 heterocycles. The number of amides is 1. The molecule has 0 spiro atoms. The molecule has 6 heteroatoms. The van der Waals surface area contributed by atoms with E-state index in [0.717, 1.165) is 37.4 Å². The fourth-order valence-corrected chi connectivity index (χ4v) is 2.91. The number of rotatable bonds is 5. The molecule has 1 aromatic carbocycles. The van der Waals surface area contributed by atoms with Crippen molar-refractivity contribution in [2.75, 3.05) is 20.1 Å². The van der Waals surface area contributed by atoms with Gasteiger partial charge in [-0.25, -0.2) is 0 Å². The Morgan fingerprint density at radius 3 is 2.74 bits per heavy atom. The number of nitrogens with zero attached hydrogens (tertiary/aromatic N) is 4. The Hall–Kier alpha value is -2.21. The van der Waals surface area contributed by atoms with E-state index in [1.165, 1.54) is 0 Å². The summed E-state index contributed by atoms with van der Waals surface area (Å²) in [7, 11) is 2.12. The predicted molar refractivity (Wildman–Crippen MR) is 88.3 cm³/mol. The van der Waals surface area contributed by atoms with Crippen molar-refractivity contribution >= 4 is 5.91 Å². The molecule has 1 amide bonds. The molecular weight excluding hydrogens is 290 g/mol. The van der Waals surface area contributed by atoms with Crippen LogP contribution >= 0.6 is 0 Å². The minimum Gasteiger partial charge on any atom is -0.353 e. The van der Waals surface area contributed by atoms with Crippen molar-refractivity contribution in [1.29, 1.82) is 0 Å². The lowest BCUT2D eigenvalue weighted by Crippen LogP contribution is -2.43. The molecule has 1 aromatic heterocycles. The van der Waals surface area contributed by atoms with Gasteiger partial charge in [0.15, 0.2) is 0 Å². The van der Waals surface area contributed by atoms with Gasteiger partial charge in [-0.05, 0) is 45.1 Å². The molecule has 3 rings (SSSR count). The largest absolute Gasteiger partial charge is 0.353 e. The Morgan fingerprint density at radius 1 is 1.26 bits per heavy atom. The zero-order chi connectivity index (χ0) is 16.1. The van der Waals surface area contributed by atoms with Gasteiger partial charge in [0, 0.05) is 24.6 Å². The zero-order valence-corrected chi connectivity index (χ0v) is 13.5. The number of carbonyl (C=O) groups is 1. The van der Waals surface area contributed by atoms with E-state index in [1.807, 2.05) is 34.9 Å². The van der Waals surface area contributed by atoms with Gasteiger partial charge in [0.05, 0.1) is 0 Å². The van der Waals surface area contributed by atoms with Crippen molar-refractivity contribution in [3.05, 3.63) is 42.5 Å². The molecule has 1 saturated heterocycles. The van der Waals surface area contributed by atoms with Crippen LogP contribution in [0, 0.1) is 0 Å². The van der Waals surface area contributed by atoms with Gasteiger partial charge in [-0.3, -0.25) is 9.36 Å². The van der Waals surface area contributed by atoms with E-state index in [4.69, 9.17) is 0 Å². The Morgan fingerprint density at radius 2 is 2.00 bits per heavy atom. The maximum atomic E-state index is 12.2. The molecule has 1 fully saturated rings. The maximum Gasteiger partial charge on any atom is 0.220 e. The average Bonchev–Trinajstić information content (AvgIpc) is 3.04. The van der Waals surface area contributed by atoms with Crippen molar-refractivity contribution in [3.63, 3.8) is 0 Å². The minimum atomic E-state index is 0.0992. The van der Waals surface area contributed by atoms with E-state index >= 15 is 0 Å². The highest BCUT2D eigenvalue weighted by molar-refractivity contribution is 5.76. The van der Waals surface area contributed by atoms with Gasteiger partial charge < -0.3 is 10.2 Å². The number of hydrogen-bond acceptors (Lipinski definition) is 4. The quantitative estimate of drug-likeness (QED) is 0.906. The van der Waals surface area contributed by atoms with Crippen LogP contribution in [0.3, 0.4) is 0 Å². The third-order valence-electron chi connectivity index (χ3n) is 4.31. The lowest BCUT2D eigenvalue weighted by molar-refractivity contribution is -0.122. The molecule has 122 valence electrons. The Bertz CT molecular complexity index is 631. The van der Waals surface area contributed by atoms with Gasteiger partial charge in [-0.1, -0.05) is 18.2 Å². The van der Waals surface area contributed by atoms with E-state index in [-0.39, 0.29) is 5.91 Å². The van der Waals surface area contributed by atoms with Crippen LogP contribution in [0.1, 0.15) is 25.1 Å². The van der Waals surface area contributed by atoms with E-state index in [2.05, 4.69) is 27.5 Å². The third kappa shape index (κ3) is 4.16. The number of benzene rings is 1. The van der Waals surface area contributed by atoms with Crippen LogP contribution in [-0.4, -0.2) is 51.8 Å². The number of para-hydroxylation sites is 1. The summed E-state index contributed by atoms with van der Waals surface area (Å²) in [6.45, 7) is 2.10. The second-order valence-electron chi connectivity index (χ2n) is 6.10. The monoisotopic (exact) mass is 313 g/mol. The third-order valence-corrected chi connectivity index (χ3v) is 4.31. The Labute approximate surface area is 136 Å². The number of aromatic nitrogens is 3. The summed E-state index contributed by atoms with van der Waals surface area (Å²) in [5.41, 5.74) is 1.02. The first kappa shape index (κ1) is 15.7. The lowest BCUT2D eigenvalue weighted by Gasteiger charge is -2.29. The molecule has 0 atom stereocenters. The summed E-state index contributed by atoms with van der Waals surface area (Å²) in [6, 6.07) is 10.3. The van der Waals surface area contributed by atoms with Crippen LogP contribution in [-0.2, 0) is 11.2 Å². The minimum absolute atomic E-state index is 0.0992. The van der Waals surface area contributed by atoms with Crippen molar-refractivity contribution in [2.45, 2.75) is 31.7 Å². The van der Waals surface area contributed by atoms with Gasteiger partial charge in [0.1, 0.15) is 12.2 Å². The first-order valence-corrected chi connectivity index (χ1v) is 8.14. The van der Waals surface area contributed by atoms with Gasteiger partial charge in [-0.15, -0.1) is 10.2 Å². The SMILES string of the molecule is CN1CCC(NC(=O)CCc2nncn2-c2ccccc2)CC1. The number of hydrogen-bond donors (Lipinski definition) is 1. The van der Waals surface area contributed by atoms with Gasteiger partial charge in [0.2, 0.25) is 5.91 Å². The molecular formula is C17H23N5O. The molecule has 0 radical (unpaired) electrons. The van der Waals surface area contributed by atoms with E-state index in [9.17, 15) is 4.79 Å². The second-order valence-corrected chi connectivity index (χ2v) is 6.10. The number of aryl methyl sites for hydroxylation is 1. The number of piperidine rings is 1. The van der Waals surface area contributed by atoms with Crippen LogP contribution in [0.15, 0.2) is 36.7 Å². The zero-order valence-electron chi connectivity index (χ0n) is 13.5. The first-order valence-electron chi connectivity index (χ1n) is 8.14. The second kappa shape index (κ2) is 7.37. The molecule has 0 bridgehead atoms. The molecule has 1 aliphatic rings. The number of carbonyl (C=O) groups excluding carboxylic acids is 1. The van der Waals surface area contributed by atoms with E-state index in [1.54, 1.807) is 6.33 Å². The van der Waals surface area contributed by atoms with Crippen LogP contribution in [0.2, 0.25) is 0 Å². The molecule has 1 N–H and O–H groups in total. The molecule has 1 aliphatic heterocycles. The van der Waals surface area contributed by atoms with Crippen molar-refractivity contribution in [3.8, 4) is 5.69 Å². The van der Waals surface area contributed by atoms with Crippen LogP contribution in [0.4, 0.5) is 0 Å². The molecule has 2 aromatic rings. The maximum absolute atomic E-state index is 12.2. The van der Waals surface area contributed by atoms with Crippen molar-refractivity contribution in [2.24, 2.45) is 0 Å². The van der Waals surface area contributed by atoms with Crippen molar-refractivity contribution < 1.29 is 4.79 Å². The fraction of sp³-hybridized carbons (Fsp3) is 0.471. The standard InChI is InChI=1S/C17H23N5O/c1-21-11-9-14(10-12-21)19-17(23)8-7-16-20-18-13-22(16)15-5-3-2-4-6-15/h2-6,13-14H,7-12H2,1H3,(H,19,23). The Balaban J connectivity index is 1.53. The normalized spacial score (nSPS) is 16.4. The molecule has 23 heavy (non-hydrogen) atoms. The smallest absolute Gasteiger partial charge is 0.220 e. The van der Waals surface area contributed by atoms with Crippen molar-refractivity contribution in [1.82, 2.24) is 25.0 Å². The average molecular weight is 313 g/mol. The topological polar surface area (TPSA) is 63.1 Å². The predicted octanol–water partition coefficient (Wildman–Crippen LogP) is 1.41. The highest BCUT2D eigenvalue weighted by Gasteiger charge is 2.18. The van der Waals surface area contributed by atoms with E-state index < -0.39 is 0 Å². The molecule has 0 saturated carbocycles. The fourth-order valence-electron chi connectivity index (χ4n) is 2.91. The van der Waals surface area contributed by atoms with E-state index in [0.29, 0.717) is 18.9 Å². The van der Waals surface area contributed by atoms with Crippen LogP contribution in [0.25, 0.3) is 5.69 Å². The van der Waals surface area contributed by atoms with Crippen LogP contribution in [0.5, 0.6) is 0 Å². The summed E-state index contributed by atoms with van der Waals surface area (Å²) in [5, 5.41) is 11.3. The van der Waals surface area contributed by atoms with Gasteiger partial charge in [0.25, 0.3) is 0 Å². The van der Waals surface area contributed by atoms with Gasteiger partial charge in [-0.2, -0.15) is 0 Å². The summed E-state index contributed by atoms with van der Waals surface area (Å²) in [5.74, 6) is 0.914. The summed E-state index contributed by atoms with van der Waals surface area (Å²) in [6.07, 6.45) is 4.79. The molecule has 0 aliphatic carbocycles. The highest BCUT2D eigenvalue weighted by atomic mass is 16.1. The summed E-state index contributed by atoms with van der Waals surface area (Å²) < 4.78 is 1.93. The highest BCUT2D eigenvalue weighted by Crippen LogP contribution is 2.11. The molecule has 0 unspecified atom stereocenters. The number of nitrogens with one attached hydrogen (secondary N) is 1. The van der Waals surface area contributed by atoms with Gasteiger partial charge >= 0.3 is 0 Å². The first-order chi connectivity index (χ1) is 11.2. The number of likely N-dealkylation sites (tertiary alicyclic amines) is 1. The lowest BCUT2D eigenvalue weighted by atomic mass is 10.1. The summed E-state index contributed by atoms with van der Waals surface area (Å²) >= 11 is 0. The van der Waals surface area contributed by atoms with Crippen LogP contribution < -0.4 is 5.32 Å².